The van der Waals surface area contributed by atoms with Crippen LogP contribution in [-0.2, 0) is 20.7 Å². The van der Waals surface area contributed by atoms with E-state index in [-0.39, 0.29) is 6.42 Å². The SMILES string of the molecule is Cc1cccc(C(C(=O)Nc2c(C)cccc2Cl)N(CC#N)C(=O)C(Cc2ccccc2)NC(=O)OC(C)(C)C)c1C. The van der Waals surface area contributed by atoms with Crippen molar-refractivity contribution in [2.45, 2.75) is 65.6 Å². The highest BCUT2D eigenvalue weighted by Gasteiger charge is 2.37. The molecule has 0 aromatic heterocycles. The standard InChI is InChI=1S/C33H37ClN4O4/c1-21-12-10-16-25(23(21)3)29(30(39)37-28-22(2)13-11-17-26(28)34)38(19-18-35)31(40)27(20-24-14-8-7-9-15-24)36-32(41)42-33(4,5)6/h7-17,27,29H,19-20H2,1-6H3,(H,36,41)(H,37,39). The fraction of sp³-hybridized carbons (Fsp3) is 0.333. The molecule has 0 radical (unpaired) electrons. The number of halogens is 1. The van der Waals surface area contributed by atoms with E-state index in [0.717, 1.165) is 22.3 Å². The number of anilines is 1. The molecular formula is C33H37ClN4O4. The summed E-state index contributed by atoms with van der Waals surface area (Å²) in [7, 11) is 0. The minimum Gasteiger partial charge on any atom is -0.444 e. The predicted molar refractivity (Wildman–Crippen MR) is 164 cm³/mol. The molecule has 0 saturated heterocycles. The average molecular weight is 589 g/mol. The van der Waals surface area contributed by atoms with Crippen LogP contribution < -0.4 is 10.6 Å². The van der Waals surface area contributed by atoms with Gasteiger partial charge in [-0.25, -0.2) is 4.79 Å². The Morgan fingerprint density at radius 3 is 2.21 bits per heavy atom. The number of nitrogens with zero attached hydrogens (tertiary/aromatic N) is 2. The van der Waals surface area contributed by atoms with Crippen LogP contribution >= 0.6 is 11.6 Å². The van der Waals surface area contributed by atoms with Crippen LogP contribution in [-0.4, -0.2) is 41.0 Å². The maximum atomic E-state index is 14.3. The third-order valence-electron chi connectivity index (χ3n) is 6.77. The number of carbonyl (C=O) groups is 3. The second kappa shape index (κ2) is 14.0. The Labute approximate surface area is 252 Å². The van der Waals surface area contributed by atoms with Gasteiger partial charge in [-0.15, -0.1) is 0 Å². The minimum absolute atomic E-state index is 0.117. The van der Waals surface area contributed by atoms with Crippen molar-refractivity contribution >= 4 is 35.2 Å². The van der Waals surface area contributed by atoms with Crippen molar-refractivity contribution in [3.05, 3.63) is 99.6 Å². The van der Waals surface area contributed by atoms with Crippen LogP contribution in [0.3, 0.4) is 0 Å². The number of ether oxygens (including phenoxy) is 1. The van der Waals surface area contributed by atoms with E-state index >= 15 is 0 Å². The number of alkyl carbamates (subject to hydrolysis) is 1. The lowest BCUT2D eigenvalue weighted by atomic mass is 9.94. The van der Waals surface area contributed by atoms with Gasteiger partial charge in [0.1, 0.15) is 24.2 Å². The third kappa shape index (κ3) is 8.34. The van der Waals surface area contributed by atoms with Gasteiger partial charge in [-0.1, -0.05) is 72.3 Å². The van der Waals surface area contributed by atoms with E-state index in [1.807, 2.05) is 69.3 Å². The fourth-order valence-electron chi connectivity index (χ4n) is 4.57. The van der Waals surface area contributed by atoms with Crippen LogP contribution in [0.25, 0.3) is 0 Å². The maximum Gasteiger partial charge on any atom is 0.408 e. The highest BCUT2D eigenvalue weighted by atomic mass is 35.5. The molecule has 0 spiro atoms. The molecule has 2 atom stereocenters. The van der Waals surface area contributed by atoms with Gasteiger partial charge in [0.25, 0.3) is 5.91 Å². The second-order valence-corrected chi connectivity index (χ2v) is 11.5. The van der Waals surface area contributed by atoms with Gasteiger partial charge in [0.15, 0.2) is 0 Å². The summed E-state index contributed by atoms with van der Waals surface area (Å²) in [4.78, 5) is 42.5. The molecule has 0 aliphatic carbocycles. The highest BCUT2D eigenvalue weighted by Crippen LogP contribution is 2.31. The molecule has 3 amide bonds. The Morgan fingerprint density at radius 1 is 0.952 bits per heavy atom. The van der Waals surface area contributed by atoms with E-state index in [2.05, 4.69) is 10.6 Å². The molecule has 2 unspecified atom stereocenters. The molecule has 0 aliphatic rings. The van der Waals surface area contributed by atoms with E-state index in [4.69, 9.17) is 16.3 Å². The van der Waals surface area contributed by atoms with E-state index in [9.17, 15) is 19.6 Å². The molecule has 0 fully saturated rings. The van der Waals surface area contributed by atoms with Gasteiger partial charge >= 0.3 is 6.09 Å². The van der Waals surface area contributed by atoms with Gasteiger partial charge in [0, 0.05) is 6.42 Å². The second-order valence-electron chi connectivity index (χ2n) is 11.1. The van der Waals surface area contributed by atoms with Crippen molar-refractivity contribution in [1.82, 2.24) is 10.2 Å². The lowest BCUT2D eigenvalue weighted by Crippen LogP contribution is -2.53. The van der Waals surface area contributed by atoms with Crippen molar-refractivity contribution in [2.24, 2.45) is 0 Å². The normalized spacial score (nSPS) is 12.4. The summed E-state index contributed by atoms with van der Waals surface area (Å²) in [5.41, 5.74) is 3.39. The zero-order valence-electron chi connectivity index (χ0n) is 24.8. The summed E-state index contributed by atoms with van der Waals surface area (Å²) in [5.74, 6) is -1.15. The van der Waals surface area contributed by atoms with Crippen LogP contribution in [0.2, 0.25) is 5.02 Å². The summed E-state index contributed by atoms with van der Waals surface area (Å²) in [5, 5.41) is 15.8. The Balaban J connectivity index is 2.11. The maximum absolute atomic E-state index is 14.3. The molecule has 2 N–H and O–H groups in total. The fourth-order valence-corrected chi connectivity index (χ4v) is 4.84. The van der Waals surface area contributed by atoms with Crippen molar-refractivity contribution in [2.75, 3.05) is 11.9 Å². The molecule has 3 rings (SSSR count). The zero-order chi connectivity index (χ0) is 31.0. The molecule has 0 aliphatic heterocycles. The van der Waals surface area contributed by atoms with Gasteiger partial charge in [-0.05, 0) is 75.4 Å². The molecular weight excluding hydrogens is 552 g/mol. The molecule has 8 nitrogen and oxygen atoms in total. The van der Waals surface area contributed by atoms with Crippen molar-refractivity contribution < 1.29 is 19.1 Å². The van der Waals surface area contributed by atoms with Crippen molar-refractivity contribution in [1.29, 1.82) is 5.26 Å². The van der Waals surface area contributed by atoms with Crippen LogP contribution in [0.5, 0.6) is 0 Å². The summed E-state index contributed by atoms with van der Waals surface area (Å²) < 4.78 is 5.45. The lowest BCUT2D eigenvalue weighted by molar-refractivity contribution is -0.140. The predicted octanol–water partition coefficient (Wildman–Crippen LogP) is 6.43. The van der Waals surface area contributed by atoms with Gasteiger partial charge in [0.2, 0.25) is 5.91 Å². The van der Waals surface area contributed by atoms with Gasteiger partial charge in [-0.2, -0.15) is 5.26 Å². The van der Waals surface area contributed by atoms with E-state index in [1.54, 1.807) is 45.0 Å². The van der Waals surface area contributed by atoms with Gasteiger partial charge in [0.05, 0.1) is 16.8 Å². The van der Waals surface area contributed by atoms with Crippen molar-refractivity contribution in [3.8, 4) is 6.07 Å². The Hall–Kier alpha value is -4.35. The third-order valence-corrected chi connectivity index (χ3v) is 7.08. The minimum atomic E-state index is -1.20. The molecule has 0 saturated carbocycles. The Bertz CT molecular complexity index is 1460. The number of hydrogen-bond acceptors (Lipinski definition) is 5. The average Bonchev–Trinajstić information content (AvgIpc) is 2.91. The molecule has 9 heteroatoms. The number of nitriles is 1. The Morgan fingerprint density at radius 2 is 1.60 bits per heavy atom. The number of nitrogens with one attached hydrogen (secondary N) is 2. The zero-order valence-corrected chi connectivity index (χ0v) is 25.6. The molecule has 3 aromatic carbocycles. The monoisotopic (exact) mass is 588 g/mol. The van der Waals surface area contributed by atoms with Gasteiger partial charge < -0.3 is 20.3 Å². The topological polar surface area (TPSA) is 112 Å². The number of hydrogen-bond donors (Lipinski definition) is 2. The molecule has 42 heavy (non-hydrogen) atoms. The number of aryl methyl sites for hydroxylation is 2. The van der Waals surface area contributed by atoms with Crippen LogP contribution in [0.1, 0.15) is 54.6 Å². The van der Waals surface area contributed by atoms with E-state index in [1.165, 1.54) is 4.90 Å². The number of rotatable bonds is 9. The smallest absolute Gasteiger partial charge is 0.408 e. The first-order valence-corrected chi connectivity index (χ1v) is 14.0. The largest absolute Gasteiger partial charge is 0.444 e. The molecule has 3 aromatic rings. The first-order chi connectivity index (χ1) is 19.8. The molecule has 0 bridgehead atoms. The van der Waals surface area contributed by atoms with Crippen LogP contribution in [0.15, 0.2) is 66.7 Å². The first-order valence-electron chi connectivity index (χ1n) is 13.7. The summed E-state index contributed by atoms with van der Waals surface area (Å²) in [6.45, 7) is 10.3. The number of amides is 3. The highest BCUT2D eigenvalue weighted by molar-refractivity contribution is 6.34. The van der Waals surface area contributed by atoms with Gasteiger partial charge in [-0.3, -0.25) is 9.59 Å². The number of para-hydroxylation sites is 1. The summed E-state index contributed by atoms with van der Waals surface area (Å²) >= 11 is 6.43. The molecule has 220 valence electrons. The number of carbonyl (C=O) groups excluding carboxylic acids is 3. The number of benzene rings is 3. The van der Waals surface area contributed by atoms with Crippen LogP contribution in [0.4, 0.5) is 10.5 Å². The van der Waals surface area contributed by atoms with E-state index in [0.29, 0.717) is 16.3 Å². The van der Waals surface area contributed by atoms with E-state index < -0.39 is 42.1 Å². The quantitative estimate of drug-likeness (QED) is 0.280. The summed E-state index contributed by atoms with van der Waals surface area (Å²) in [6, 6.07) is 19.6. The van der Waals surface area contributed by atoms with Crippen molar-refractivity contribution in [3.63, 3.8) is 0 Å². The lowest BCUT2D eigenvalue weighted by Gasteiger charge is -2.34. The van der Waals surface area contributed by atoms with Crippen LogP contribution in [0, 0.1) is 32.1 Å². The Kier molecular flexibility index (Phi) is 10.7. The molecule has 0 heterocycles. The first kappa shape index (κ1) is 32.2. The summed E-state index contributed by atoms with van der Waals surface area (Å²) in [6.07, 6.45) is -0.667.